The topological polar surface area (TPSA) is 29.1 Å². The second-order valence-corrected chi connectivity index (χ2v) is 7.31. The summed E-state index contributed by atoms with van der Waals surface area (Å²) in [5.74, 6) is 1.41. The third kappa shape index (κ3) is 15.0. The van der Waals surface area contributed by atoms with Gasteiger partial charge in [0.05, 0.1) is 0 Å². The largest absolute Gasteiger partial charge is 4.00 e. The molecule has 0 heterocycles. The molecule has 2 nitrogen and oxygen atoms in total. The molecule has 2 fully saturated rings. The minimum absolute atomic E-state index is 0. The molecule has 10 radical (unpaired) electrons. The van der Waals surface area contributed by atoms with Crippen molar-refractivity contribution >= 4 is 5.91 Å². The zero-order valence-corrected chi connectivity index (χ0v) is 19.5. The van der Waals surface area contributed by atoms with Gasteiger partial charge in [-0.25, -0.2) is 0 Å². The molecule has 0 unspecified atom stereocenters. The molecule has 0 atom stereocenters. The first-order valence-corrected chi connectivity index (χ1v) is 9.72. The van der Waals surface area contributed by atoms with Gasteiger partial charge in [0.25, 0.3) is 0 Å². The van der Waals surface area contributed by atoms with Gasteiger partial charge in [-0.2, -0.15) is 0 Å². The van der Waals surface area contributed by atoms with Crippen molar-refractivity contribution in [2.45, 2.75) is 65.7 Å². The first-order chi connectivity index (χ1) is 12.1. The summed E-state index contributed by atoms with van der Waals surface area (Å²) >= 11 is 0. The van der Waals surface area contributed by atoms with Gasteiger partial charge in [0, 0.05) is 13.0 Å². The van der Waals surface area contributed by atoms with Gasteiger partial charge < -0.3 is 17.7 Å². The maximum atomic E-state index is 12.0. The molecular formula is C23H35ClNOTi+3. The molecule has 0 spiro atoms. The zero-order valence-electron chi connectivity index (χ0n) is 17.1. The van der Waals surface area contributed by atoms with E-state index < -0.39 is 0 Å². The predicted octanol–water partition coefficient (Wildman–Crippen LogP) is 2.31. The summed E-state index contributed by atoms with van der Waals surface area (Å²) in [5, 5.41) is 3.05. The Morgan fingerprint density at radius 1 is 0.852 bits per heavy atom. The van der Waals surface area contributed by atoms with E-state index in [0.717, 1.165) is 13.0 Å². The summed E-state index contributed by atoms with van der Waals surface area (Å²) in [6.07, 6.45) is 26.4. The second kappa shape index (κ2) is 18.5. The van der Waals surface area contributed by atoms with E-state index in [0.29, 0.717) is 6.42 Å². The first kappa shape index (κ1) is 29.7. The van der Waals surface area contributed by atoms with Crippen molar-refractivity contribution in [2.24, 2.45) is 5.41 Å². The van der Waals surface area contributed by atoms with Crippen LogP contribution in [0.1, 0.15) is 65.7 Å². The van der Waals surface area contributed by atoms with E-state index in [1.807, 2.05) is 44.9 Å². The zero-order chi connectivity index (χ0) is 18.4. The number of nitrogens with one attached hydrogen (secondary N) is 1. The number of hydrogen-bond acceptors (Lipinski definition) is 1. The Kier molecular flexibility index (Phi) is 20.3. The molecule has 4 heteroatoms. The van der Waals surface area contributed by atoms with Crippen LogP contribution < -0.4 is 17.7 Å². The summed E-state index contributed by atoms with van der Waals surface area (Å²) in [7, 11) is 0. The molecule has 0 aromatic carbocycles. The van der Waals surface area contributed by atoms with Crippen LogP contribution in [0.15, 0.2) is 0 Å². The number of hydrogen-bond donors (Lipinski definition) is 1. The first-order valence-electron chi connectivity index (χ1n) is 9.72. The van der Waals surface area contributed by atoms with Gasteiger partial charge in [-0.15, -0.1) is 0 Å². The van der Waals surface area contributed by atoms with E-state index in [9.17, 15) is 4.79 Å². The van der Waals surface area contributed by atoms with E-state index in [2.05, 4.69) is 38.9 Å². The van der Waals surface area contributed by atoms with Crippen LogP contribution in [0.2, 0.25) is 0 Å². The minimum atomic E-state index is -0.0747. The molecule has 0 bridgehead atoms. The maximum Gasteiger partial charge on any atom is 4.00 e. The number of halogens is 1. The van der Waals surface area contributed by atoms with Crippen molar-refractivity contribution in [1.82, 2.24) is 5.32 Å². The Balaban J connectivity index is 0. The van der Waals surface area contributed by atoms with Crippen LogP contribution in [0.25, 0.3) is 0 Å². The van der Waals surface area contributed by atoms with E-state index in [1.165, 1.54) is 38.0 Å². The third-order valence-corrected chi connectivity index (χ3v) is 4.45. The Bertz CT molecular complexity index is 332. The Morgan fingerprint density at radius 3 is 1.85 bits per heavy atom. The van der Waals surface area contributed by atoms with Crippen LogP contribution in [0.3, 0.4) is 0 Å². The number of rotatable bonds is 10. The fourth-order valence-electron chi connectivity index (χ4n) is 2.85. The number of carbonyl (C=O) groups is 1. The van der Waals surface area contributed by atoms with Crippen molar-refractivity contribution in [2.75, 3.05) is 6.54 Å². The van der Waals surface area contributed by atoms with Crippen molar-refractivity contribution < 1.29 is 38.9 Å². The quantitative estimate of drug-likeness (QED) is 0.423. The Labute approximate surface area is 191 Å². The molecule has 146 valence electrons. The monoisotopic (exact) mass is 424 g/mol. The molecule has 0 saturated heterocycles. The van der Waals surface area contributed by atoms with Crippen LogP contribution >= 0.6 is 0 Å². The number of amides is 1. The molecule has 2 aliphatic carbocycles. The Morgan fingerprint density at radius 2 is 1.33 bits per heavy atom. The Hall–Kier alpha value is 0.474. The van der Waals surface area contributed by atoms with E-state index in [-0.39, 0.29) is 45.4 Å². The van der Waals surface area contributed by atoms with Crippen molar-refractivity contribution in [3.05, 3.63) is 63.7 Å². The van der Waals surface area contributed by atoms with Gasteiger partial charge in [0.2, 0.25) is 5.91 Å². The van der Waals surface area contributed by atoms with Crippen LogP contribution in [-0.4, -0.2) is 12.5 Å². The fraction of sp³-hybridized carbons (Fsp3) is 0.522. The van der Waals surface area contributed by atoms with Crippen LogP contribution in [0, 0.1) is 69.1 Å². The SMILES string of the molecule is CCCCCCCCNC(=O)CC(C)(C)[C]1[CH][CH][CH][CH]1.[CH]1[CH][CH][CH][CH]1.[Cl-].[Ti+4]. The summed E-state index contributed by atoms with van der Waals surface area (Å²) in [5.41, 5.74) is -0.0747. The average molecular weight is 425 g/mol. The fourth-order valence-corrected chi connectivity index (χ4v) is 2.85. The molecule has 27 heavy (non-hydrogen) atoms. The summed E-state index contributed by atoms with van der Waals surface area (Å²) < 4.78 is 0. The molecule has 0 aliphatic heterocycles. The smallest absolute Gasteiger partial charge is 1.00 e. The number of carbonyl (C=O) groups excluding carboxylic acids is 1. The second-order valence-electron chi connectivity index (χ2n) is 7.31. The average Bonchev–Trinajstić information content (AvgIpc) is 3.29. The summed E-state index contributed by atoms with van der Waals surface area (Å²) in [6, 6.07) is 0. The maximum absolute atomic E-state index is 12.0. The molecule has 2 rings (SSSR count). The van der Waals surface area contributed by atoms with Crippen LogP contribution in [0.4, 0.5) is 0 Å². The van der Waals surface area contributed by atoms with E-state index in [1.54, 1.807) is 0 Å². The molecule has 0 aromatic rings. The van der Waals surface area contributed by atoms with Crippen molar-refractivity contribution in [1.29, 1.82) is 0 Å². The number of unbranched alkanes of at least 4 members (excludes halogenated alkanes) is 5. The molecule has 2 aliphatic rings. The van der Waals surface area contributed by atoms with Gasteiger partial charge in [-0.3, -0.25) is 4.79 Å². The van der Waals surface area contributed by atoms with Crippen molar-refractivity contribution in [3.8, 4) is 0 Å². The normalized spacial score (nSPS) is 16.7. The molecule has 1 N–H and O–H groups in total. The van der Waals surface area contributed by atoms with Gasteiger partial charge in [-0.1, -0.05) is 52.9 Å². The molecule has 0 aromatic heterocycles. The standard InChI is InChI=1S/C18H30NO.C5H5.ClH.Ti/c1-4-5-6-7-8-11-14-19-17(20)15-18(2,3)16-12-9-10-13-16;1-2-4-5-3-1;;/h9-10,12-13H,4-8,11,14-15H2,1-3H3,(H,19,20);1-5H;1H;/q;;;+4/p-1. The van der Waals surface area contributed by atoms with Crippen LogP contribution in [0.5, 0.6) is 0 Å². The molecule has 1 amide bonds. The summed E-state index contributed by atoms with van der Waals surface area (Å²) in [6.45, 7) is 7.32. The third-order valence-electron chi connectivity index (χ3n) is 4.45. The van der Waals surface area contributed by atoms with Gasteiger partial charge in [0.1, 0.15) is 0 Å². The van der Waals surface area contributed by atoms with Crippen LogP contribution in [-0.2, 0) is 26.5 Å². The van der Waals surface area contributed by atoms with Gasteiger partial charge >= 0.3 is 21.7 Å². The van der Waals surface area contributed by atoms with E-state index in [4.69, 9.17) is 0 Å². The summed E-state index contributed by atoms with van der Waals surface area (Å²) in [4.78, 5) is 12.0. The predicted molar refractivity (Wildman–Crippen MR) is 107 cm³/mol. The minimum Gasteiger partial charge on any atom is -1.00 e. The van der Waals surface area contributed by atoms with Gasteiger partial charge in [-0.05, 0) is 75.5 Å². The van der Waals surface area contributed by atoms with Crippen molar-refractivity contribution in [3.63, 3.8) is 0 Å². The van der Waals surface area contributed by atoms with E-state index >= 15 is 0 Å². The molecular weight excluding hydrogens is 390 g/mol. The molecule has 2 saturated carbocycles. The van der Waals surface area contributed by atoms with Gasteiger partial charge in [0.15, 0.2) is 0 Å².